The Balaban J connectivity index is 2.14. The standard InChI is InChI=1S/C13H18N6/c1-3-16-11-8-12(19-13(14)18-11)17-9(2)10-4-6-15-7-5-10/h4-9H,3H2,1-2H3,(H4,14,16,17,18,19). The molecule has 0 amide bonds. The van der Waals surface area contributed by atoms with Crippen molar-refractivity contribution in [3.05, 3.63) is 36.2 Å². The molecule has 1 unspecified atom stereocenters. The summed E-state index contributed by atoms with van der Waals surface area (Å²) in [6.45, 7) is 4.85. The Labute approximate surface area is 112 Å². The zero-order valence-electron chi connectivity index (χ0n) is 11.1. The van der Waals surface area contributed by atoms with E-state index in [1.807, 2.05) is 25.1 Å². The minimum absolute atomic E-state index is 0.117. The van der Waals surface area contributed by atoms with Crippen LogP contribution in [0.15, 0.2) is 30.6 Å². The minimum Gasteiger partial charge on any atom is -0.370 e. The van der Waals surface area contributed by atoms with Crippen molar-refractivity contribution in [3.8, 4) is 0 Å². The fourth-order valence-corrected chi connectivity index (χ4v) is 1.77. The highest BCUT2D eigenvalue weighted by Crippen LogP contribution is 2.19. The second-order valence-electron chi connectivity index (χ2n) is 4.17. The van der Waals surface area contributed by atoms with Gasteiger partial charge < -0.3 is 16.4 Å². The second kappa shape index (κ2) is 5.99. The van der Waals surface area contributed by atoms with Crippen molar-refractivity contribution in [1.82, 2.24) is 15.0 Å². The van der Waals surface area contributed by atoms with E-state index in [1.54, 1.807) is 12.4 Å². The van der Waals surface area contributed by atoms with E-state index >= 15 is 0 Å². The lowest BCUT2D eigenvalue weighted by molar-refractivity contribution is 0.869. The first-order valence-corrected chi connectivity index (χ1v) is 6.24. The number of nitrogens with two attached hydrogens (primary N) is 1. The molecule has 4 N–H and O–H groups in total. The molecule has 6 nitrogen and oxygen atoms in total. The number of hydrogen-bond donors (Lipinski definition) is 3. The van der Waals surface area contributed by atoms with Crippen LogP contribution in [0.3, 0.4) is 0 Å². The van der Waals surface area contributed by atoms with Gasteiger partial charge in [0.05, 0.1) is 6.04 Å². The van der Waals surface area contributed by atoms with Gasteiger partial charge in [0.1, 0.15) is 11.6 Å². The molecule has 0 aliphatic carbocycles. The van der Waals surface area contributed by atoms with Crippen LogP contribution >= 0.6 is 0 Å². The van der Waals surface area contributed by atoms with Crippen molar-refractivity contribution in [2.75, 3.05) is 22.9 Å². The van der Waals surface area contributed by atoms with Crippen LogP contribution in [0.5, 0.6) is 0 Å². The largest absolute Gasteiger partial charge is 0.370 e. The number of anilines is 3. The molecule has 0 fully saturated rings. The predicted molar refractivity (Wildman–Crippen MR) is 76.9 cm³/mol. The summed E-state index contributed by atoms with van der Waals surface area (Å²) in [5.74, 6) is 1.68. The van der Waals surface area contributed by atoms with Crippen LogP contribution in [0.25, 0.3) is 0 Å². The van der Waals surface area contributed by atoms with Crippen LogP contribution in [-0.2, 0) is 0 Å². The Bertz CT molecular complexity index is 528. The van der Waals surface area contributed by atoms with Crippen molar-refractivity contribution < 1.29 is 0 Å². The van der Waals surface area contributed by atoms with Crippen LogP contribution in [0.4, 0.5) is 17.6 Å². The molecule has 0 saturated carbocycles. The summed E-state index contributed by atoms with van der Waals surface area (Å²) in [6.07, 6.45) is 3.54. The number of aromatic nitrogens is 3. The van der Waals surface area contributed by atoms with E-state index in [4.69, 9.17) is 5.73 Å². The van der Waals surface area contributed by atoms with E-state index in [1.165, 1.54) is 0 Å². The van der Waals surface area contributed by atoms with Gasteiger partial charge in [0.15, 0.2) is 0 Å². The maximum atomic E-state index is 5.69. The van der Waals surface area contributed by atoms with E-state index in [9.17, 15) is 0 Å². The average Bonchev–Trinajstić information content (AvgIpc) is 2.39. The maximum Gasteiger partial charge on any atom is 0.223 e. The topological polar surface area (TPSA) is 88.8 Å². The maximum absolute atomic E-state index is 5.69. The van der Waals surface area contributed by atoms with Crippen LogP contribution < -0.4 is 16.4 Å². The third-order valence-electron chi connectivity index (χ3n) is 2.67. The monoisotopic (exact) mass is 258 g/mol. The molecule has 0 aliphatic heterocycles. The van der Waals surface area contributed by atoms with Crippen molar-refractivity contribution in [1.29, 1.82) is 0 Å². The Kier molecular flexibility index (Phi) is 4.12. The van der Waals surface area contributed by atoms with Crippen LogP contribution in [-0.4, -0.2) is 21.5 Å². The summed E-state index contributed by atoms with van der Waals surface area (Å²) >= 11 is 0. The molecule has 2 rings (SSSR count). The SMILES string of the molecule is CCNc1cc(NC(C)c2ccncc2)nc(N)n1. The van der Waals surface area contributed by atoms with E-state index < -0.39 is 0 Å². The molecule has 2 heterocycles. The lowest BCUT2D eigenvalue weighted by atomic mass is 10.1. The van der Waals surface area contributed by atoms with Crippen molar-refractivity contribution in [2.24, 2.45) is 0 Å². The van der Waals surface area contributed by atoms with Gasteiger partial charge in [0.25, 0.3) is 0 Å². The quantitative estimate of drug-likeness (QED) is 0.760. The van der Waals surface area contributed by atoms with Gasteiger partial charge in [0, 0.05) is 25.0 Å². The van der Waals surface area contributed by atoms with Crippen LogP contribution in [0.1, 0.15) is 25.5 Å². The number of nitrogens with one attached hydrogen (secondary N) is 2. The molecular weight excluding hydrogens is 240 g/mol. The molecule has 0 spiro atoms. The Hall–Kier alpha value is -2.37. The Morgan fingerprint density at radius 2 is 1.89 bits per heavy atom. The van der Waals surface area contributed by atoms with Gasteiger partial charge in [-0.1, -0.05) is 0 Å². The molecule has 0 aliphatic rings. The smallest absolute Gasteiger partial charge is 0.223 e. The number of pyridine rings is 1. The van der Waals surface area contributed by atoms with Gasteiger partial charge >= 0.3 is 0 Å². The number of rotatable bonds is 5. The van der Waals surface area contributed by atoms with E-state index in [-0.39, 0.29) is 12.0 Å². The zero-order valence-corrected chi connectivity index (χ0v) is 11.1. The van der Waals surface area contributed by atoms with Crippen LogP contribution in [0, 0.1) is 0 Å². The van der Waals surface area contributed by atoms with Gasteiger partial charge in [-0.15, -0.1) is 0 Å². The fraction of sp³-hybridized carbons (Fsp3) is 0.308. The van der Waals surface area contributed by atoms with Crippen molar-refractivity contribution >= 4 is 17.6 Å². The fourth-order valence-electron chi connectivity index (χ4n) is 1.77. The van der Waals surface area contributed by atoms with Gasteiger partial charge in [0.2, 0.25) is 5.95 Å². The molecule has 0 radical (unpaired) electrons. The first kappa shape index (κ1) is 13.1. The van der Waals surface area contributed by atoms with Gasteiger partial charge in [-0.25, -0.2) is 0 Å². The average molecular weight is 258 g/mol. The summed E-state index contributed by atoms with van der Waals surface area (Å²) < 4.78 is 0. The summed E-state index contributed by atoms with van der Waals surface area (Å²) in [5.41, 5.74) is 6.83. The highest BCUT2D eigenvalue weighted by atomic mass is 15.1. The molecule has 0 aromatic carbocycles. The lowest BCUT2D eigenvalue weighted by Crippen LogP contribution is -2.11. The highest BCUT2D eigenvalue weighted by Gasteiger charge is 2.07. The second-order valence-corrected chi connectivity index (χ2v) is 4.17. The third kappa shape index (κ3) is 3.54. The summed E-state index contributed by atoms with van der Waals surface area (Å²) in [5, 5.41) is 6.42. The molecular formula is C13H18N6. The van der Waals surface area contributed by atoms with Crippen molar-refractivity contribution in [3.63, 3.8) is 0 Å². The molecule has 0 saturated heterocycles. The first-order chi connectivity index (χ1) is 9.19. The summed E-state index contributed by atoms with van der Waals surface area (Å²) in [7, 11) is 0. The molecule has 19 heavy (non-hydrogen) atoms. The van der Waals surface area contributed by atoms with E-state index in [0.29, 0.717) is 5.82 Å². The number of nitrogen functional groups attached to an aromatic ring is 1. The van der Waals surface area contributed by atoms with E-state index in [0.717, 1.165) is 17.9 Å². The lowest BCUT2D eigenvalue weighted by Gasteiger charge is -2.15. The van der Waals surface area contributed by atoms with Gasteiger partial charge in [-0.3, -0.25) is 4.98 Å². The highest BCUT2D eigenvalue weighted by molar-refractivity contribution is 5.51. The molecule has 0 bridgehead atoms. The molecule has 2 aromatic rings. The molecule has 6 heteroatoms. The Morgan fingerprint density at radius 3 is 2.58 bits per heavy atom. The number of nitrogens with zero attached hydrogens (tertiary/aromatic N) is 3. The van der Waals surface area contributed by atoms with Crippen molar-refractivity contribution in [2.45, 2.75) is 19.9 Å². The van der Waals surface area contributed by atoms with E-state index in [2.05, 4.69) is 32.5 Å². The predicted octanol–water partition coefficient (Wildman–Crippen LogP) is 2.06. The molecule has 2 aromatic heterocycles. The van der Waals surface area contributed by atoms with Gasteiger partial charge in [-0.2, -0.15) is 9.97 Å². The summed E-state index contributed by atoms with van der Waals surface area (Å²) in [4.78, 5) is 12.3. The Morgan fingerprint density at radius 1 is 1.21 bits per heavy atom. The molecule has 1 atom stereocenters. The zero-order chi connectivity index (χ0) is 13.7. The minimum atomic E-state index is 0.117. The van der Waals surface area contributed by atoms with Gasteiger partial charge in [-0.05, 0) is 31.5 Å². The van der Waals surface area contributed by atoms with Crippen LogP contribution in [0.2, 0.25) is 0 Å². The summed E-state index contributed by atoms with van der Waals surface area (Å²) in [6, 6.07) is 5.89. The number of hydrogen-bond acceptors (Lipinski definition) is 6. The normalized spacial score (nSPS) is 11.9. The third-order valence-corrected chi connectivity index (χ3v) is 2.67. The molecule has 100 valence electrons. The first-order valence-electron chi connectivity index (χ1n) is 6.24.